The Hall–Kier alpha value is -1.09. The molecule has 2 N–H and O–H groups in total. The molecule has 0 saturated heterocycles. The summed E-state index contributed by atoms with van der Waals surface area (Å²) in [5.41, 5.74) is 7.95. The number of thiocarbonyl (C=S) groups is 1. The van der Waals surface area contributed by atoms with Crippen molar-refractivity contribution in [2.75, 3.05) is 0 Å². The fourth-order valence-electron chi connectivity index (χ4n) is 1.69. The molecule has 0 bridgehead atoms. The van der Waals surface area contributed by atoms with Crippen LogP contribution in [0.5, 0.6) is 5.75 Å². The van der Waals surface area contributed by atoms with E-state index in [2.05, 4.69) is 26.8 Å². The maximum atomic E-state index is 5.87. The molecular formula is C13H19NOS. The van der Waals surface area contributed by atoms with Gasteiger partial charge in [-0.15, -0.1) is 0 Å². The molecule has 2 nitrogen and oxygen atoms in total. The van der Waals surface area contributed by atoms with Crippen LogP contribution in [0.4, 0.5) is 0 Å². The van der Waals surface area contributed by atoms with Gasteiger partial charge in [0.1, 0.15) is 11.9 Å². The maximum absolute atomic E-state index is 5.87. The summed E-state index contributed by atoms with van der Waals surface area (Å²) >= 11 is 4.90. The Morgan fingerprint density at radius 3 is 2.31 bits per heavy atom. The molecule has 0 amide bonds. The van der Waals surface area contributed by atoms with Gasteiger partial charge in [-0.3, -0.25) is 0 Å². The predicted octanol–water partition coefficient (Wildman–Crippen LogP) is 3.14. The third-order valence-electron chi connectivity index (χ3n) is 2.38. The van der Waals surface area contributed by atoms with Gasteiger partial charge in [0.25, 0.3) is 0 Å². The third-order valence-corrected chi connectivity index (χ3v) is 2.55. The van der Waals surface area contributed by atoms with Crippen LogP contribution >= 0.6 is 12.2 Å². The summed E-state index contributed by atoms with van der Waals surface area (Å²) in [6, 6.07) is 6.20. The molecule has 0 aliphatic heterocycles. The summed E-state index contributed by atoms with van der Waals surface area (Å²) in [6.07, 6.45) is 1.63. The SMILES string of the molecule is CCC(CC(N)=S)Oc1cc(C)cc(C)c1. The maximum Gasteiger partial charge on any atom is 0.120 e. The molecule has 1 atom stereocenters. The molecule has 0 saturated carbocycles. The highest BCUT2D eigenvalue weighted by atomic mass is 32.1. The van der Waals surface area contributed by atoms with Crippen molar-refractivity contribution in [3.05, 3.63) is 29.3 Å². The summed E-state index contributed by atoms with van der Waals surface area (Å²) < 4.78 is 5.87. The van der Waals surface area contributed by atoms with Crippen molar-refractivity contribution in [2.24, 2.45) is 5.73 Å². The highest BCUT2D eigenvalue weighted by Crippen LogP contribution is 2.19. The van der Waals surface area contributed by atoms with Gasteiger partial charge in [-0.05, 0) is 43.5 Å². The lowest BCUT2D eigenvalue weighted by atomic mass is 10.1. The Balaban J connectivity index is 2.73. The van der Waals surface area contributed by atoms with Crippen LogP contribution in [0.25, 0.3) is 0 Å². The van der Waals surface area contributed by atoms with Crippen molar-refractivity contribution in [3.8, 4) is 5.75 Å². The number of hydrogen-bond donors (Lipinski definition) is 1. The molecule has 1 aromatic carbocycles. The van der Waals surface area contributed by atoms with Crippen LogP contribution in [0.15, 0.2) is 18.2 Å². The van der Waals surface area contributed by atoms with Crippen molar-refractivity contribution in [2.45, 2.75) is 39.7 Å². The first-order chi connectivity index (χ1) is 7.51. The van der Waals surface area contributed by atoms with Crippen LogP contribution in [0.3, 0.4) is 0 Å². The molecule has 16 heavy (non-hydrogen) atoms. The minimum Gasteiger partial charge on any atom is -0.490 e. The number of benzene rings is 1. The van der Waals surface area contributed by atoms with Crippen molar-refractivity contribution in [3.63, 3.8) is 0 Å². The van der Waals surface area contributed by atoms with Crippen molar-refractivity contribution < 1.29 is 4.74 Å². The zero-order valence-electron chi connectivity index (χ0n) is 10.1. The lowest BCUT2D eigenvalue weighted by Gasteiger charge is -2.17. The monoisotopic (exact) mass is 237 g/mol. The van der Waals surface area contributed by atoms with E-state index >= 15 is 0 Å². The van der Waals surface area contributed by atoms with Crippen LogP contribution in [-0.4, -0.2) is 11.1 Å². The van der Waals surface area contributed by atoms with E-state index in [0.717, 1.165) is 12.2 Å². The zero-order valence-corrected chi connectivity index (χ0v) is 10.9. The van der Waals surface area contributed by atoms with E-state index in [1.54, 1.807) is 0 Å². The van der Waals surface area contributed by atoms with E-state index in [4.69, 9.17) is 22.7 Å². The molecule has 3 heteroatoms. The Morgan fingerprint density at radius 2 is 1.88 bits per heavy atom. The zero-order chi connectivity index (χ0) is 12.1. The van der Waals surface area contributed by atoms with Gasteiger partial charge < -0.3 is 10.5 Å². The average Bonchev–Trinajstić information content (AvgIpc) is 2.14. The fraction of sp³-hybridized carbons (Fsp3) is 0.462. The highest BCUT2D eigenvalue weighted by Gasteiger charge is 2.09. The lowest BCUT2D eigenvalue weighted by molar-refractivity contribution is 0.205. The van der Waals surface area contributed by atoms with E-state index in [0.29, 0.717) is 11.4 Å². The molecule has 0 heterocycles. The number of ether oxygens (including phenoxy) is 1. The van der Waals surface area contributed by atoms with Gasteiger partial charge in [-0.2, -0.15) is 0 Å². The third kappa shape index (κ3) is 4.19. The molecule has 0 aromatic heterocycles. The first-order valence-corrected chi connectivity index (χ1v) is 5.95. The second-order valence-corrected chi connectivity index (χ2v) is 4.67. The van der Waals surface area contributed by atoms with Gasteiger partial charge in [0, 0.05) is 6.42 Å². The summed E-state index contributed by atoms with van der Waals surface area (Å²) in [5, 5.41) is 0. The second-order valence-electron chi connectivity index (χ2n) is 4.14. The summed E-state index contributed by atoms with van der Waals surface area (Å²) in [5.74, 6) is 0.903. The van der Waals surface area contributed by atoms with Crippen LogP contribution < -0.4 is 10.5 Å². The number of hydrogen-bond acceptors (Lipinski definition) is 2. The molecule has 0 aliphatic carbocycles. The summed E-state index contributed by atoms with van der Waals surface area (Å²) in [6.45, 7) is 6.20. The quantitative estimate of drug-likeness (QED) is 0.799. The summed E-state index contributed by atoms with van der Waals surface area (Å²) in [7, 11) is 0. The van der Waals surface area contributed by atoms with E-state index in [1.807, 2.05) is 12.1 Å². The fourth-order valence-corrected chi connectivity index (χ4v) is 1.87. The van der Waals surface area contributed by atoms with Crippen LogP contribution in [0, 0.1) is 13.8 Å². The smallest absolute Gasteiger partial charge is 0.120 e. The lowest BCUT2D eigenvalue weighted by Crippen LogP contribution is -2.23. The normalized spacial score (nSPS) is 12.2. The Labute approximate surface area is 103 Å². The van der Waals surface area contributed by atoms with Crippen molar-refractivity contribution in [1.82, 2.24) is 0 Å². The molecule has 1 aromatic rings. The van der Waals surface area contributed by atoms with Gasteiger partial charge in [0.15, 0.2) is 0 Å². The molecule has 0 fully saturated rings. The highest BCUT2D eigenvalue weighted by molar-refractivity contribution is 7.80. The standard InChI is InChI=1S/C13H19NOS/c1-4-11(8-13(14)16)15-12-6-9(2)5-10(3)7-12/h5-7,11H,4,8H2,1-3H3,(H2,14,16). The topological polar surface area (TPSA) is 35.2 Å². The van der Waals surface area contributed by atoms with E-state index in [-0.39, 0.29) is 6.10 Å². The van der Waals surface area contributed by atoms with Gasteiger partial charge >= 0.3 is 0 Å². The number of rotatable bonds is 5. The minimum absolute atomic E-state index is 0.0821. The van der Waals surface area contributed by atoms with Gasteiger partial charge in [-0.25, -0.2) is 0 Å². The molecule has 1 unspecified atom stereocenters. The van der Waals surface area contributed by atoms with Crippen molar-refractivity contribution in [1.29, 1.82) is 0 Å². The Kier molecular flexibility index (Phi) is 4.74. The van der Waals surface area contributed by atoms with Crippen LogP contribution in [-0.2, 0) is 0 Å². The summed E-state index contributed by atoms with van der Waals surface area (Å²) in [4.78, 5) is 0.510. The number of nitrogens with two attached hydrogens (primary N) is 1. The van der Waals surface area contributed by atoms with Gasteiger partial charge in [0.2, 0.25) is 0 Å². The Bertz CT molecular complexity index is 356. The number of aryl methyl sites for hydroxylation is 2. The molecule has 0 radical (unpaired) electrons. The largest absolute Gasteiger partial charge is 0.490 e. The van der Waals surface area contributed by atoms with Gasteiger partial charge in [-0.1, -0.05) is 25.2 Å². The average molecular weight is 237 g/mol. The van der Waals surface area contributed by atoms with E-state index in [1.165, 1.54) is 11.1 Å². The molecule has 1 rings (SSSR count). The second kappa shape index (κ2) is 5.85. The van der Waals surface area contributed by atoms with Crippen LogP contribution in [0.1, 0.15) is 30.9 Å². The predicted molar refractivity (Wildman–Crippen MR) is 72.0 cm³/mol. The van der Waals surface area contributed by atoms with E-state index < -0.39 is 0 Å². The molecular weight excluding hydrogens is 218 g/mol. The molecule has 0 spiro atoms. The first kappa shape index (κ1) is 13.0. The first-order valence-electron chi connectivity index (χ1n) is 5.54. The van der Waals surface area contributed by atoms with Gasteiger partial charge in [0.05, 0.1) is 4.99 Å². The molecule has 88 valence electrons. The molecule has 0 aliphatic rings. The minimum atomic E-state index is 0.0821. The van der Waals surface area contributed by atoms with Crippen LogP contribution in [0.2, 0.25) is 0 Å². The van der Waals surface area contributed by atoms with E-state index in [9.17, 15) is 0 Å². The van der Waals surface area contributed by atoms with Crippen molar-refractivity contribution >= 4 is 17.2 Å². The Morgan fingerprint density at radius 1 is 1.31 bits per heavy atom.